The minimum atomic E-state index is -0.662. The van der Waals surface area contributed by atoms with Gasteiger partial charge in [0.2, 0.25) is 5.91 Å². The fourth-order valence-electron chi connectivity index (χ4n) is 3.98. The van der Waals surface area contributed by atoms with Crippen LogP contribution in [0.25, 0.3) is 22.0 Å². The highest BCUT2D eigenvalue weighted by Crippen LogP contribution is 2.29. The van der Waals surface area contributed by atoms with Gasteiger partial charge in [-0.15, -0.1) is 0 Å². The standard InChI is InChI=1S/C25H21N3O3/c1-31-17-10-11-22-19(13-17)24(29)28-23(25(30)27-22)12-15-6-8-16(9-7-15)20-14-26-21-5-3-2-4-18(20)21/h2-11,13-14,23,26H,12H2,1H3,(H,27,30)(H,28,29). The van der Waals surface area contributed by atoms with Gasteiger partial charge in [-0.05, 0) is 35.4 Å². The lowest BCUT2D eigenvalue weighted by atomic mass is 10.00. The van der Waals surface area contributed by atoms with Crippen LogP contribution in [0, 0.1) is 0 Å². The molecule has 1 aromatic heterocycles. The first-order chi connectivity index (χ1) is 15.1. The van der Waals surface area contributed by atoms with Gasteiger partial charge in [-0.2, -0.15) is 0 Å². The molecule has 1 aliphatic heterocycles. The number of anilines is 1. The Balaban J connectivity index is 1.36. The monoisotopic (exact) mass is 411 g/mol. The number of aromatic nitrogens is 1. The Bertz CT molecular complexity index is 1290. The Kier molecular flexibility index (Phi) is 4.67. The van der Waals surface area contributed by atoms with E-state index in [9.17, 15) is 9.59 Å². The van der Waals surface area contributed by atoms with Crippen molar-refractivity contribution in [2.24, 2.45) is 0 Å². The number of carbonyl (C=O) groups excluding carboxylic acids is 2. The van der Waals surface area contributed by atoms with Crippen molar-refractivity contribution in [3.05, 3.63) is 84.1 Å². The van der Waals surface area contributed by atoms with Crippen LogP contribution in [0.2, 0.25) is 0 Å². The van der Waals surface area contributed by atoms with Gasteiger partial charge < -0.3 is 20.4 Å². The van der Waals surface area contributed by atoms with Gasteiger partial charge in [0.25, 0.3) is 5.91 Å². The number of ether oxygens (including phenoxy) is 1. The summed E-state index contributed by atoms with van der Waals surface area (Å²) in [5, 5.41) is 6.85. The number of H-pyrrole nitrogens is 1. The van der Waals surface area contributed by atoms with Crippen molar-refractivity contribution in [3.8, 4) is 16.9 Å². The summed E-state index contributed by atoms with van der Waals surface area (Å²) in [7, 11) is 1.54. The van der Waals surface area contributed by atoms with E-state index in [0.717, 1.165) is 22.2 Å². The first-order valence-electron chi connectivity index (χ1n) is 10.1. The zero-order chi connectivity index (χ0) is 21.4. The van der Waals surface area contributed by atoms with E-state index in [2.05, 4.69) is 21.7 Å². The molecule has 3 aromatic carbocycles. The lowest BCUT2D eigenvalue weighted by molar-refractivity contribution is -0.117. The average Bonchev–Trinajstić information content (AvgIpc) is 3.18. The van der Waals surface area contributed by atoms with Crippen molar-refractivity contribution in [2.75, 3.05) is 12.4 Å². The van der Waals surface area contributed by atoms with Crippen LogP contribution < -0.4 is 15.4 Å². The Morgan fingerprint density at radius 1 is 0.935 bits per heavy atom. The third-order valence-electron chi connectivity index (χ3n) is 5.65. The molecule has 1 unspecified atom stereocenters. The van der Waals surface area contributed by atoms with E-state index in [1.807, 2.05) is 48.7 Å². The first kappa shape index (κ1) is 18.9. The number of fused-ring (bicyclic) bond motifs is 2. The molecule has 0 radical (unpaired) electrons. The maximum Gasteiger partial charge on any atom is 0.254 e. The molecule has 4 aromatic rings. The molecule has 6 nitrogen and oxygen atoms in total. The van der Waals surface area contributed by atoms with E-state index in [4.69, 9.17) is 4.74 Å². The Labute approximate surface area is 179 Å². The van der Waals surface area contributed by atoms with Crippen molar-refractivity contribution in [1.82, 2.24) is 10.3 Å². The topological polar surface area (TPSA) is 83.2 Å². The summed E-state index contributed by atoms with van der Waals surface area (Å²) in [4.78, 5) is 28.7. The zero-order valence-electron chi connectivity index (χ0n) is 16.9. The minimum absolute atomic E-state index is 0.238. The van der Waals surface area contributed by atoms with Crippen molar-refractivity contribution in [2.45, 2.75) is 12.5 Å². The number of methoxy groups -OCH3 is 1. The zero-order valence-corrected chi connectivity index (χ0v) is 16.9. The molecular weight excluding hydrogens is 390 g/mol. The number of benzene rings is 3. The lowest BCUT2D eigenvalue weighted by Gasteiger charge is -2.15. The molecule has 2 heterocycles. The van der Waals surface area contributed by atoms with Crippen LogP contribution in [-0.2, 0) is 11.2 Å². The van der Waals surface area contributed by atoms with E-state index in [1.165, 1.54) is 12.5 Å². The molecule has 154 valence electrons. The summed E-state index contributed by atoms with van der Waals surface area (Å²) in [6.45, 7) is 0. The van der Waals surface area contributed by atoms with Gasteiger partial charge in [-0.1, -0.05) is 42.5 Å². The molecule has 0 fully saturated rings. The van der Waals surface area contributed by atoms with Crippen molar-refractivity contribution < 1.29 is 14.3 Å². The van der Waals surface area contributed by atoms with Crippen LogP contribution in [0.4, 0.5) is 5.69 Å². The summed E-state index contributed by atoms with van der Waals surface area (Å²) >= 11 is 0. The number of aromatic amines is 1. The lowest BCUT2D eigenvalue weighted by Crippen LogP contribution is -2.42. The van der Waals surface area contributed by atoms with Crippen molar-refractivity contribution in [1.29, 1.82) is 0 Å². The van der Waals surface area contributed by atoms with E-state index in [-0.39, 0.29) is 11.8 Å². The molecule has 1 atom stereocenters. The quantitative estimate of drug-likeness (QED) is 0.472. The van der Waals surface area contributed by atoms with Gasteiger partial charge in [0.1, 0.15) is 11.8 Å². The van der Waals surface area contributed by atoms with E-state index >= 15 is 0 Å². The highest BCUT2D eigenvalue weighted by molar-refractivity contribution is 6.10. The number of para-hydroxylation sites is 1. The van der Waals surface area contributed by atoms with E-state index in [1.54, 1.807) is 18.2 Å². The molecule has 5 rings (SSSR count). The van der Waals surface area contributed by atoms with Crippen molar-refractivity contribution in [3.63, 3.8) is 0 Å². The number of amides is 2. The van der Waals surface area contributed by atoms with Crippen LogP contribution in [-0.4, -0.2) is 29.9 Å². The molecule has 31 heavy (non-hydrogen) atoms. The SMILES string of the molecule is COc1ccc2c(c1)C(=O)NC(Cc1ccc(-c3c[nH]c4ccccc34)cc1)C(=O)N2. The summed E-state index contributed by atoms with van der Waals surface area (Å²) in [5.41, 5.74) is 5.16. The molecule has 1 aliphatic rings. The molecule has 0 saturated heterocycles. The summed E-state index contributed by atoms with van der Waals surface area (Å²) in [6.07, 6.45) is 2.40. The predicted octanol–water partition coefficient (Wildman–Crippen LogP) is 4.14. The Morgan fingerprint density at radius 3 is 2.55 bits per heavy atom. The molecule has 2 amide bonds. The van der Waals surface area contributed by atoms with Gasteiger partial charge >= 0.3 is 0 Å². The maximum atomic E-state index is 12.7. The average molecular weight is 411 g/mol. The molecule has 0 spiro atoms. The fourth-order valence-corrected chi connectivity index (χ4v) is 3.98. The molecule has 0 aliphatic carbocycles. The number of nitrogens with one attached hydrogen (secondary N) is 3. The van der Waals surface area contributed by atoms with Gasteiger partial charge in [-0.3, -0.25) is 9.59 Å². The molecule has 0 bridgehead atoms. The van der Waals surface area contributed by atoms with Crippen LogP contribution in [0.1, 0.15) is 15.9 Å². The summed E-state index contributed by atoms with van der Waals surface area (Å²) in [5.74, 6) is 0.0279. The second-order valence-electron chi connectivity index (χ2n) is 7.58. The van der Waals surface area contributed by atoms with Gasteiger partial charge in [0.05, 0.1) is 18.4 Å². The van der Waals surface area contributed by atoms with Gasteiger partial charge in [-0.25, -0.2) is 0 Å². The third-order valence-corrected chi connectivity index (χ3v) is 5.65. The van der Waals surface area contributed by atoms with E-state index in [0.29, 0.717) is 23.4 Å². The van der Waals surface area contributed by atoms with E-state index < -0.39 is 6.04 Å². The number of rotatable bonds is 4. The molecule has 3 N–H and O–H groups in total. The van der Waals surface area contributed by atoms with Gasteiger partial charge in [0.15, 0.2) is 0 Å². The second-order valence-corrected chi connectivity index (χ2v) is 7.58. The first-order valence-corrected chi connectivity index (χ1v) is 10.1. The minimum Gasteiger partial charge on any atom is -0.497 e. The molecule has 0 saturated carbocycles. The van der Waals surface area contributed by atoms with Crippen LogP contribution in [0.3, 0.4) is 0 Å². The maximum absolute atomic E-state index is 12.7. The molecular formula is C25H21N3O3. The second kappa shape index (κ2) is 7.65. The summed E-state index contributed by atoms with van der Waals surface area (Å²) < 4.78 is 5.19. The molecule has 6 heteroatoms. The fraction of sp³-hybridized carbons (Fsp3) is 0.120. The summed E-state index contributed by atoms with van der Waals surface area (Å²) in [6, 6.07) is 20.6. The van der Waals surface area contributed by atoms with Gasteiger partial charge in [0, 0.05) is 29.1 Å². The number of hydrogen-bond acceptors (Lipinski definition) is 3. The smallest absolute Gasteiger partial charge is 0.254 e. The number of carbonyl (C=O) groups is 2. The highest BCUT2D eigenvalue weighted by Gasteiger charge is 2.28. The highest BCUT2D eigenvalue weighted by atomic mass is 16.5. The normalized spacial score (nSPS) is 15.7. The Morgan fingerprint density at radius 2 is 1.74 bits per heavy atom. The largest absolute Gasteiger partial charge is 0.497 e. The predicted molar refractivity (Wildman–Crippen MR) is 120 cm³/mol. The number of hydrogen-bond donors (Lipinski definition) is 3. The van der Waals surface area contributed by atoms with Crippen LogP contribution >= 0.6 is 0 Å². The van der Waals surface area contributed by atoms with Crippen molar-refractivity contribution >= 4 is 28.4 Å². The Hall–Kier alpha value is -4.06. The van der Waals surface area contributed by atoms with Crippen LogP contribution in [0.15, 0.2) is 72.9 Å². The third kappa shape index (κ3) is 3.53. The van der Waals surface area contributed by atoms with Crippen LogP contribution in [0.5, 0.6) is 5.75 Å².